The molecule has 122 valence electrons. The molecule has 3 nitrogen and oxygen atoms in total. The second-order valence-corrected chi connectivity index (χ2v) is 6.32. The molecule has 3 aromatic carbocycles. The molecule has 0 aliphatic heterocycles. The van der Waals surface area contributed by atoms with Crippen molar-refractivity contribution in [1.29, 1.82) is 0 Å². The average Bonchev–Trinajstić information content (AvgIpc) is 2.62. The zero-order valence-electron chi connectivity index (χ0n) is 13.6. The van der Waals surface area contributed by atoms with Crippen molar-refractivity contribution in [2.45, 2.75) is 6.92 Å². The van der Waals surface area contributed by atoms with Crippen LogP contribution in [-0.2, 0) is 0 Å². The van der Waals surface area contributed by atoms with Crippen LogP contribution < -0.4 is 5.56 Å². The largest absolute Gasteiger partial charge is 0.268 e. The summed E-state index contributed by atoms with van der Waals surface area (Å²) in [6, 6.07) is 22.6. The predicted octanol–water partition coefficient (Wildman–Crippen LogP) is 5.01. The van der Waals surface area contributed by atoms with Crippen LogP contribution in [0, 0.1) is 6.92 Å². The first kappa shape index (κ1) is 15.6. The minimum atomic E-state index is -0.105. The van der Waals surface area contributed by atoms with Gasteiger partial charge in [-0.25, -0.2) is 4.98 Å². The number of aromatic nitrogens is 2. The van der Waals surface area contributed by atoms with Gasteiger partial charge in [0.15, 0.2) is 0 Å². The van der Waals surface area contributed by atoms with E-state index in [1.165, 1.54) is 0 Å². The lowest BCUT2D eigenvalue weighted by Gasteiger charge is -2.15. The number of hydrogen-bond donors (Lipinski definition) is 0. The number of benzene rings is 3. The fourth-order valence-corrected chi connectivity index (χ4v) is 3.18. The Morgan fingerprint density at radius 3 is 2.48 bits per heavy atom. The van der Waals surface area contributed by atoms with Gasteiger partial charge in [0.05, 0.1) is 21.6 Å². The summed E-state index contributed by atoms with van der Waals surface area (Å²) in [6.45, 7) is 2.00. The van der Waals surface area contributed by atoms with E-state index in [0.717, 1.165) is 16.8 Å². The van der Waals surface area contributed by atoms with Crippen LogP contribution in [0.4, 0.5) is 0 Å². The van der Waals surface area contributed by atoms with Gasteiger partial charge in [0.1, 0.15) is 5.82 Å². The highest BCUT2D eigenvalue weighted by Crippen LogP contribution is 2.28. The van der Waals surface area contributed by atoms with E-state index >= 15 is 0 Å². The first-order valence-electron chi connectivity index (χ1n) is 7.99. The summed E-state index contributed by atoms with van der Waals surface area (Å²) in [5.41, 5.74) is 3.13. The summed E-state index contributed by atoms with van der Waals surface area (Å²) < 4.78 is 1.64. The first-order chi connectivity index (χ1) is 12.1. The third-order valence-corrected chi connectivity index (χ3v) is 4.48. The molecule has 4 aromatic rings. The van der Waals surface area contributed by atoms with Crippen LogP contribution in [0.1, 0.15) is 5.56 Å². The lowest BCUT2D eigenvalue weighted by atomic mass is 10.1. The Labute approximate surface area is 150 Å². The number of aryl methyl sites for hydroxylation is 1. The van der Waals surface area contributed by atoms with Crippen LogP contribution in [0.15, 0.2) is 77.6 Å². The second kappa shape index (κ2) is 6.19. The Hall–Kier alpha value is -2.91. The Balaban J connectivity index is 2.16. The van der Waals surface area contributed by atoms with Crippen molar-refractivity contribution >= 4 is 22.5 Å². The molecule has 4 rings (SSSR count). The maximum Gasteiger partial charge on any atom is 0.266 e. The van der Waals surface area contributed by atoms with E-state index < -0.39 is 0 Å². The molecule has 0 unspecified atom stereocenters. The van der Waals surface area contributed by atoms with E-state index in [1.807, 2.05) is 67.6 Å². The van der Waals surface area contributed by atoms with Crippen LogP contribution in [0.5, 0.6) is 0 Å². The topological polar surface area (TPSA) is 34.9 Å². The number of rotatable bonds is 2. The fraction of sp³-hybridized carbons (Fsp3) is 0.0476. The van der Waals surface area contributed by atoms with Gasteiger partial charge in [-0.15, -0.1) is 0 Å². The third kappa shape index (κ3) is 2.73. The monoisotopic (exact) mass is 346 g/mol. The molecule has 1 aromatic heterocycles. The summed E-state index contributed by atoms with van der Waals surface area (Å²) >= 11 is 6.40. The van der Waals surface area contributed by atoms with Gasteiger partial charge in [-0.05, 0) is 48.9 Å². The summed E-state index contributed by atoms with van der Waals surface area (Å²) in [4.78, 5) is 18.0. The standard InChI is InChI=1S/C21H15ClN2O/c1-14-7-6-8-15(13-14)24-20(16-9-2-4-11-18(16)22)23-19-12-5-3-10-17(19)21(24)25/h2-13H,1H3. The molecular formula is C21H15ClN2O. The van der Waals surface area contributed by atoms with Gasteiger partial charge in [0, 0.05) is 5.56 Å². The highest BCUT2D eigenvalue weighted by atomic mass is 35.5. The maximum atomic E-state index is 13.2. The van der Waals surface area contributed by atoms with Crippen molar-refractivity contribution in [2.24, 2.45) is 0 Å². The molecule has 0 bridgehead atoms. The van der Waals surface area contributed by atoms with E-state index in [4.69, 9.17) is 16.6 Å². The highest BCUT2D eigenvalue weighted by molar-refractivity contribution is 6.33. The van der Waals surface area contributed by atoms with Gasteiger partial charge in [-0.2, -0.15) is 0 Å². The van der Waals surface area contributed by atoms with Crippen molar-refractivity contribution < 1.29 is 0 Å². The first-order valence-corrected chi connectivity index (χ1v) is 8.37. The molecule has 0 atom stereocenters. The minimum absolute atomic E-state index is 0.105. The molecule has 0 saturated heterocycles. The van der Waals surface area contributed by atoms with Crippen LogP contribution in [0.25, 0.3) is 28.0 Å². The van der Waals surface area contributed by atoms with E-state index in [2.05, 4.69) is 0 Å². The smallest absolute Gasteiger partial charge is 0.266 e. The molecule has 1 heterocycles. The molecular weight excluding hydrogens is 332 g/mol. The molecule has 0 saturated carbocycles. The maximum absolute atomic E-state index is 13.2. The predicted molar refractivity (Wildman–Crippen MR) is 103 cm³/mol. The Morgan fingerprint density at radius 1 is 0.920 bits per heavy atom. The molecule has 25 heavy (non-hydrogen) atoms. The molecule has 0 amide bonds. The number of fused-ring (bicyclic) bond motifs is 1. The van der Waals surface area contributed by atoms with Crippen molar-refractivity contribution in [3.8, 4) is 17.1 Å². The fourth-order valence-electron chi connectivity index (χ4n) is 2.96. The van der Waals surface area contributed by atoms with E-state index in [-0.39, 0.29) is 5.56 Å². The number of halogens is 1. The molecule has 0 fully saturated rings. The Bertz CT molecular complexity index is 1150. The summed E-state index contributed by atoms with van der Waals surface area (Å²) in [5.74, 6) is 0.542. The Morgan fingerprint density at radius 2 is 1.68 bits per heavy atom. The highest BCUT2D eigenvalue weighted by Gasteiger charge is 2.16. The van der Waals surface area contributed by atoms with Gasteiger partial charge >= 0.3 is 0 Å². The second-order valence-electron chi connectivity index (χ2n) is 5.91. The lowest BCUT2D eigenvalue weighted by Crippen LogP contribution is -2.22. The lowest BCUT2D eigenvalue weighted by molar-refractivity contribution is 0.974. The Kier molecular flexibility index (Phi) is 3.86. The SMILES string of the molecule is Cc1cccc(-n2c(-c3ccccc3Cl)nc3ccccc3c2=O)c1. The molecule has 0 N–H and O–H groups in total. The van der Waals surface area contributed by atoms with Crippen molar-refractivity contribution in [3.63, 3.8) is 0 Å². The van der Waals surface area contributed by atoms with Gasteiger partial charge in [-0.1, -0.05) is 48.0 Å². The minimum Gasteiger partial charge on any atom is -0.268 e. The van der Waals surface area contributed by atoms with Crippen molar-refractivity contribution in [1.82, 2.24) is 9.55 Å². The molecule has 0 radical (unpaired) electrons. The molecule has 0 spiro atoms. The summed E-state index contributed by atoms with van der Waals surface area (Å²) in [5, 5.41) is 1.14. The summed E-state index contributed by atoms with van der Waals surface area (Å²) in [7, 11) is 0. The summed E-state index contributed by atoms with van der Waals surface area (Å²) in [6.07, 6.45) is 0. The number of nitrogens with zero attached hydrogens (tertiary/aromatic N) is 2. The van der Waals surface area contributed by atoms with E-state index in [1.54, 1.807) is 16.7 Å². The zero-order chi connectivity index (χ0) is 17.4. The normalized spacial score (nSPS) is 11.0. The van der Waals surface area contributed by atoms with E-state index in [0.29, 0.717) is 21.7 Å². The third-order valence-electron chi connectivity index (χ3n) is 4.15. The van der Waals surface area contributed by atoms with Crippen LogP contribution in [0.2, 0.25) is 5.02 Å². The average molecular weight is 347 g/mol. The number of para-hydroxylation sites is 1. The zero-order valence-corrected chi connectivity index (χ0v) is 14.4. The number of hydrogen-bond acceptors (Lipinski definition) is 2. The van der Waals surface area contributed by atoms with Crippen LogP contribution in [-0.4, -0.2) is 9.55 Å². The molecule has 0 aliphatic rings. The van der Waals surface area contributed by atoms with Crippen LogP contribution >= 0.6 is 11.6 Å². The van der Waals surface area contributed by atoms with Gasteiger partial charge < -0.3 is 0 Å². The molecule has 0 aliphatic carbocycles. The van der Waals surface area contributed by atoms with Gasteiger partial charge in [-0.3, -0.25) is 9.36 Å². The molecule has 4 heteroatoms. The van der Waals surface area contributed by atoms with Crippen molar-refractivity contribution in [2.75, 3.05) is 0 Å². The van der Waals surface area contributed by atoms with Gasteiger partial charge in [0.25, 0.3) is 5.56 Å². The van der Waals surface area contributed by atoms with Gasteiger partial charge in [0.2, 0.25) is 0 Å². The quantitative estimate of drug-likeness (QED) is 0.511. The van der Waals surface area contributed by atoms with Crippen LogP contribution in [0.3, 0.4) is 0 Å². The van der Waals surface area contributed by atoms with Crippen molar-refractivity contribution in [3.05, 3.63) is 93.7 Å². The van der Waals surface area contributed by atoms with E-state index in [9.17, 15) is 4.79 Å².